The molecule has 2 nitrogen and oxygen atoms in total. The minimum absolute atomic E-state index is 0.0223. The van der Waals surface area contributed by atoms with E-state index >= 15 is 0 Å². The van der Waals surface area contributed by atoms with Crippen LogP contribution in [0.1, 0.15) is 18.9 Å². The van der Waals surface area contributed by atoms with Crippen LogP contribution in [0.3, 0.4) is 0 Å². The smallest absolute Gasteiger partial charge is 0.138 e. The average molecular weight is 227 g/mol. The fourth-order valence-corrected chi connectivity index (χ4v) is 1.43. The van der Waals surface area contributed by atoms with Crippen LogP contribution in [-0.2, 0) is 11.2 Å². The first-order valence-electron chi connectivity index (χ1n) is 5.29. The lowest BCUT2D eigenvalue weighted by Crippen LogP contribution is -2.18. The van der Waals surface area contributed by atoms with E-state index in [-0.39, 0.29) is 12.2 Å². The van der Waals surface area contributed by atoms with Crippen LogP contribution in [0.25, 0.3) is 0 Å². The molecule has 0 fully saturated rings. The van der Waals surface area contributed by atoms with E-state index in [0.717, 1.165) is 12.6 Å². The molecule has 4 heteroatoms. The highest BCUT2D eigenvalue weighted by Crippen LogP contribution is 2.09. The van der Waals surface area contributed by atoms with E-state index in [9.17, 15) is 13.6 Å². The molecule has 0 aliphatic rings. The Bertz CT molecular complexity index is 346. The molecule has 88 valence electrons. The van der Waals surface area contributed by atoms with Crippen molar-refractivity contribution in [2.75, 3.05) is 13.1 Å². The van der Waals surface area contributed by atoms with Gasteiger partial charge in [0.05, 0.1) is 0 Å². The number of rotatable bonds is 6. The largest absolute Gasteiger partial charge is 0.317 e. The monoisotopic (exact) mass is 227 g/mol. The molecule has 16 heavy (non-hydrogen) atoms. The highest BCUT2D eigenvalue weighted by atomic mass is 19.1. The molecular formula is C12H15F2NO. The number of carbonyl (C=O) groups excluding carboxylic acids is 1. The minimum atomic E-state index is -0.644. The topological polar surface area (TPSA) is 29.1 Å². The number of nitrogens with one attached hydrogen (secondary N) is 1. The number of ketones is 1. The third-order valence-corrected chi connectivity index (χ3v) is 2.15. The number of Topliss-reactive ketones (excluding diaryl/α,β-unsaturated/α-hetero) is 1. The summed E-state index contributed by atoms with van der Waals surface area (Å²) in [4.78, 5) is 11.4. The zero-order valence-electron chi connectivity index (χ0n) is 9.22. The predicted octanol–water partition coefficient (Wildman–Crippen LogP) is 2.08. The molecule has 0 radical (unpaired) electrons. The Balaban J connectivity index is 2.49. The second-order valence-corrected chi connectivity index (χ2v) is 3.60. The van der Waals surface area contributed by atoms with E-state index in [2.05, 4.69) is 5.32 Å². The Labute approximate surface area is 93.7 Å². The molecule has 1 rings (SSSR count). The Morgan fingerprint density at radius 3 is 2.44 bits per heavy atom. The van der Waals surface area contributed by atoms with Crippen LogP contribution >= 0.6 is 0 Å². The lowest BCUT2D eigenvalue weighted by Gasteiger charge is -2.02. The molecule has 0 heterocycles. The number of carbonyl (C=O) groups is 1. The van der Waals surface area contributed by atoms with Crippen molar-refractivity contribution in [3.05, 3.63) is 35.4 Å². The van der Waals surface area contributed by atoms with E-state index in [1.54, 1.807) is 0 Å². The van der Waals surface area contributed by atoms with Gasteiger partial charge in [-0.2, -0.15) is 0 Å². The van der Waals surface area contributed by atoms with E-state index in [1.807, 2.05) is 6.92 Å². The first-order chi connectivity index (χ1) is 7.61. The number of hydrogen-bond acceptors (Lipinski definition) is 2. The molecule has 1 N–H and O–H groups in total. The van der Waals surface area contributed by atoms with Crippen LogP contribution in [-0.4, -0.2) is 18.9 Å². The molecule has 0 aliphatic carbocycles. The van der Waals surface area contributed by atoms with Crippen molar-refractivity contribution in [1.29, 1.82) is 0 Å². The Morgan fingerprint density at radius 2 is 1.88 bits per heavy atom. The second kappa shape index (κ2) is 6.33. The number of halogens is 2. The minimum Gasteiger partial charge on any atom is -0.317 e. The summed E-state index contributed by atoms with van der Waals surface area (Å²) in [6.45, 7) is 3.36. The molecule has 0 atom stereocenters. The van der Waals surface area contributed by atoms with Crippen LogP contribution in [0, 0.1) is 11.6 Å². The molecular weight excluding hydrogens is 212 g/mol. The van der Waals surface area contributed by atoms with Gasteiger partial charge in [-0.05, 0) is 24.2 Å². The summed E-state index contributed by atoms with van der Waals surface area (Å²) in [7, 11) is 0. The van der Waals surface area contributed by atoms with Gasteiger partial charge < -0.3 is 5.32 Å². The van der Waals surface area contributed by atoms with E-state index in [1.165, 1.54) is 12.1 Å². The van der Waals surface area contributed by atoms with Gasteiger partial charge in [-0.1, -0.05) is 6.92 Å². The molecule has 1 aromatic rings. The summed E-state index contributed by atoms with van der Waals surface area (Å²) in [6.07, 6.45) is 0.464. The maximum Gasteiger partial charge on any atom is 0.138 e. The second-order valence-electron chi connectivity index (χ2n) is 3.60. The van der Waals surface area contributed by atoms with Gasteiger partial charge in [0.1, 0.15) is 17.4 Å². The normalized spacial score (nSPS) is 10.4. The van der Waals surface area contributed by atoms with Gasteiger partial charge in [0.25, 0.3) is 0 Å². The number of hydrogen-bond donors (Lipinski definition) is 1. The van der Waals surface area contributed by atoms with Crippen molar-refractivity contribution >= 4 is 5.78 Å². The molecule has 1 aromatic carbocycles. The molecule has 0 aromatic heterocycles. The van der Waals surface area contributed by atoms with Gasteiger partial charge >= 0.3 is 0 Å². The van der Waals surface area contributed by atoms with Crippen LogP contribution < -0.4 is 5.32 Å². The van der Waals surface area contributed by atoms with Gasteiger partial charge in [-0.15, -0.1) is 0 Å². The molecule has 0 amide bonds. The van der Waals surface area contributed by atoms with E-state index in [4.69, 9.17) is 0 Å². The van der Waals surface area contributed by atoms with Gasteiger partial charge in [-0.3, -0.25) is 4.79 Å². The summed E-state index contributed by atoms with van der Waals surface area (Å²) in [6, 6.07) is 3.18. The summed E-state index contributed by atoms with van der Waals surface area (Å²) in [5.74, 6) is -1.31. The summed E-state index contributed by atoms with van der Waals surface area (Å²) >= 11 is 0. The molecule has 0 spiro atoms. The third kappa shape index (κ3) is 4.49. The highest BCUT2D eigenvalue weighted by Gasteiger charge is 2.06. The molecule has 0 bridgehead atoms. The van der Waals surface area contributed by atoms with Crippen molar-refractivity contribution < 1.29 is 13.6 Å². The summed E-state index contributed by atoms with van der Waals surface area (Å²) in [5.41, 5.74) is 0.388. The molecule has 0 aliphatic heterocycles. The van der Waals surface area contributed by atoms with Crippen LogP contribution in [0.4, 0.5) is 8.78 Å². The average Bonchev–Trinajstić information content (AvgIpc) is 2.16. The standard InChI is InChI=1S/C12H15F2NO/c1-2-15-4-3-12(16)7-9-5-10(13)8-11(14)6-9/h5-6,8,15H,2-4,7H2,1H3. The zero-order chi connectivity index (χ0) is 12.0. The molecule has 0 unspecified atom stereocenters. The molecule has 0 saturated heterocycles. The van der Waals surface area contributed by atoms with Crippen molar-refractivity contribution in [2.24, 2.45) is 0 Å². The van der Waals surface area contributed by atoms with Gasteiger partial charge in [0.15, 0.2) is 0 Å². The lowest BCUT2D eigenvalue weighted by molar-refractivity contribution is -0.118. The fraction of sp³-hybridized carbons (Fsp3) is 0.417. The Morgan fingerprint density at radius 1 is 1.25 bits per heavy atom. The van der Waals surface area contributed by atoms with Crippen LogP contribution in [0.5, 0.6) is 0 Å². The van der Waals surface area contributed by atoms with Gasteiger partial charge in [0.2, 0.25) is 0 Å². The van der Waals surface area contributed by atoms with E-state index < -0.39 is 11.6 Å². The van der Waals surface area contributed by atoms with Gasteiger partial charge in [-0.25, -0.2) is 8.78 Å². The van der Waals surface area contributed by atoms with Crippen molar-refractivity contribution in [3.63, 3.8) is 0 Å². The lowest BCUT2D eigenvalue weighted by atomic mass is 10.1. The first-order valence-corrected chi connectivity index (χ1v) is 5.29. The van der Waals surface area contributed by atoms with Crippen LogP contribution in [0.2, 0.25) is 0 Å². The zero-order valence-corrected chi connectivity index (χ0v) is 9.22. The number of benzene rings is 1. The first kappa shape index (κ1) is 12.8. The van der Waals surface area contributed by atoms with Crippen LogP contribution in [0.15, 0.2) is 18.2 Å². The third-order valence-electron chi connectivity index (χ3n) is 2.15. The fourth-order valence-electron chi connectivity index (χ4n) is 1.43. The Hall–Kier alpha value is -1.29. The quantitative estimate of drug-likeness (QED) is 0.754. The maximum absolute atomic E-state index is 12.8. The maximum atomic E-state index is 12.8. The molecule has 0 saturated carbocycles. The predicted molar refractivity (Wildman–Crippen MR) is 58.2 cm³/mol. The van der Waals surface area contributed by atoms with Crippen molar-refractivity contribution in [2.45, 2.75) is 19.8 Å². The summed E-state index contributed by atoms with van der Waals surface area (Å²) in [5, 5.41) is 3.02. The SMILES string of the molecule is CCNCCC(=O)Cc1cc(F)cc(F)c1. The highest BCUT2D eigenvalue weighted by molar-refractivity contribution is 5.81. The van der Waals surface area contributed by atoms with E-state index in [0.29, 0.717) is 18.5 Å². The summed E-state index contributed by atoms with van der Waals surface area (Å²) < 4.78 is 25.6. The van der Waals surface area contributed by atoms with Crippen molar-refractivity contribution in [1.82, 2.24) is 5.32 Å². The van der Waals surface area contributed by atoms with Gasteiger partial charge in [0, 0.05) is 25.5 Å². The Kier molecular flexibility index (Phi) is 5.05. The van der Waals surface area contributed by atoms with Crippen molar-refractivity contribution in [3.8, 4) is 0 Å².